The predicted octanol–water partition coefficient (Wildman–Crippen LogP) is 1.36. The van der Waals surface area contributed by atoms with Crippen molar-refractivity contribution in [3.8, 4) is 11.5 Å². The Balaban J connectivity index is 1.83. The van der Waals surface area contributed by atoms with E-state index in [0.717, 1.165) is 18.7 Å². The first kappa shape index (κ1) is 17.8. The van der Waals surface area contributed by atoms with Crippen LogP contribution in [0.3, 0.4) is 0 Å². The second-order valence-electron chi connectivity index (χ2n) is 6.52. The van der Waals surface area contributed by atoms with Gasteiger partial charge in [-0.05, 0) is 31.7 Å². The van der Waals surface area contributed by atoms with Crippen LogP contribution in [0.25, 0.3) is 0 Å². The number of sulfone groups is 1. The minimum Gasteiger partial charge on any atom is -0.503 e. The maximum absolute atomic E-state index is 12.1. The number of rotatable bonds is 4. The van der Waals surface area contributed by atoms with Crippen molar-refractivity contribution in [1.29, 1.82) is 0 Å². The molecular weight excluding hydrogens is 352 g/mol. The van der Waals surface area contributed by atoms with Gasteiger partial charge in [0.2, 0.25) is 0 Å². The van der Waals surface area contributed by atoms with E-state index in [9.17, 15) is 13.5 Å². The molecule has 0 radical (unpaired) electrons. The molecule has 2 atom stereocenters. The van der Waals surface area contributed by atoms with Crippen LogP contribution >= 0.6 is 11.6 Å². The van der Waals surface area contributed by atoms with E-state index in [1.807, 2.05) is 14.0 Å². The molecular formula is C16H23ClN2O4S. The number of benzene rings is 1. The monoisotopic (exact) mass is 374 g/mol. The number of hydrogen-bond acceptors (Lipinski definition) is 6. The van der Waals surface area contributed by atoms with Gasteiger partial charge in [0.15, 0.2) is 21.3 Å². The molecule has 24 heavy (non-hydrogen) atoms. The van der Waals surface area contributed by atoms with Gasteiger partial charge < -0.3 is 9.84 Å². The van der Waals surface area contributed by atoms with Gasteiger partial charge in [-0.3, -0.25) is 9.80 Å². The van der Waals surface area contributed by atoms with Gasteiger partial charge in [-0.25, -0.2) is 8.42 Å². The minimum absolute atomic E-state index is 0.00290. The van der Waals surface area contributed by atoms with E-state index >= 15 is 0 Å². The second kappa shape index (κ2) is 6.71. The van der Waals surface area contributed by atoms with Crippen LogP contribution in [0.5, 0.6) is 11.5 Å². The fraction of sp³-hybridized carbons (Fsp3) is 0.625. The molecule has 3 rings (SSSR count). The highest BCUT2D eigenvalue weighted by molar-refractivity contribution is 7.91. The number of piperazine rings is 1. The smallest absolute Gasteiger partial charge is 0.176 e. The van der Waals surface area contributed by atoms with Gasteiger partial charge in [0.1, 0.15) is 0 Å². The number of nitrogens with zero attached hydrogens (tertiary/aromatic N) is 2. The van der Waals surface area contributed by atoms with Crippen LogP contribution in [-0.4, -0.2) is 73.7 Å². The Bertz CT molecular complexity index is 725. The molecule has 1 aromatic carbocycles. The Morgan fingerprint density at radius 1 is 1.29 bits per heavy atom. The summed E-state index contributed by atoms with van der Waals surface area (Å²) in [4.78, 5) is 4.34. The lowest BCUT2D eigenvalue weighted by atomic mass is 10.0. The summed E-state index contributed by atoms with van der Waals surface area (Å²) in [5.74, 6) is 0.740. The highest BCUT2D eigenvalue weighted by Gasteiger charge is 2.45. The van der Waals surface area contributed by atoms with E-state index in [4.69, 9.17) is 16.3 Å². The Labute approximate surface area is 147 Å². The lowest BCUT2D eigenvalue weighted by molar-refractivity contribution is 0.0572. The van der Waals surface area contributed by atoms with Crippen LogP contribution in [0.1, 0.15) is 12.5 Å². The third-order valence-electron chi connectivity index (χ3n) is 4.84. The van der Waals surface area contributed by atoms with Crippen molar-refractivity contribution >= 4 is 21.4 Å². The number of halogens is 1. The van der Waals surface area contributed by atoms with Crippen LogP contribution in [-0.2, 0) is 16.4 Å². The third kappa shape index (κ3) is 3.49. The third-order valence-corrected chi connectivity index (χ3v) is 6.83. The summed E-state index contributed by atoms with van der Waals surface area (Å²) in [5.41, 5.74) is 0.911. The maximum atomic E-state index is 12.1. The highest BCUT2D eigenvalue weighted by atomic mass is 35.5. The Kier molecular flexibility index (Phi) is 4.97. The van der Waals surface area contributed by atoms with E-state index in [0.29, 0.717) is 18.9 Å². The number of phenols is 1. The summed E-state index contributed by atoms with van der Waals surface area (Å²) >= 11 is 6.10. The highest BCUT2D eigenvalue weighted by Crippen LogP contribution is 2.36. The van der Waals surface area contributed by atoms with Crippen LogP contribution in [0.15, 0.2) is 12.1 Å². The zero-order valence-corrected chi connectivity index (χ0v) is 15.5. The molecule has 0 spiro atoms. The van der Waals surface area contributed by atoms with Gasteiger partial charge in [-0.1, -0.05) is 11.6 Å². The standard InChI is InChI=1S/C16H23ClN2O4S/c1-3-23-15-7-11(6-12(17)16(15)20)8-19-5-4-18(2)13-9-24(21,22)10-14(13)19/h6-7,13-14,20H,3-5,8-10H2,1-2H3/t13-,14+/m0/s1. The predicted molar refractivity (Wildman–Crippen MR) is 93.6 cm³/mol. The molecule has 2 saturated heterocycles. The molecule has 0 amide bonds. The average molecular weight is 375 g/mol. The zero-order valence-electron chi connectivity index (χ0n) is 13.9. The van der Waals surface area contributed by atoms with E-state index in [1.165, 1.54) is 0 Å². The SMILES string of the molecule is CCOc1cc(CN2CCN(C)[C@H]3CS(=O)(=O)C[C@H]32)cc(Cl)c1O. The molecule has 0 bridgehead atoms. The van der Waals surface area contributed by atoms with E-state index in [2.05, 4.69) is 9.80 Å². The summed E-state index contributed by atoms with van der Waals surface area (Å²) in [6.45, 7) is 4.50. The normalized spacial score (nSPS) is 27.1. The number of fused-ring (bicyclic) bond motifs is 1. The fourth-order valence-corrected chi connectivity index (χ4v) is 5.93. The molecule has 8 heteroatoms. The van der Waals surface area contributed by atoms with Crippen LogP contribution < -0.4 is 4.74 Å². The first-order valence-electron chi connectivity index (χ1n) is 8.09. The number of likely N-dealkylation sites (N-methyl/N-ethyl adjacent to an activating group) is 1. The molecule has 2 fully saturated rings. The summed E-state index contributed by atoms with van der Waals surface area (Å²) in [5, 5.41) is 10.2. The summed E-state index contributed by atoms with van der Waals surface area (Å²) < 4.78 is 29.5. The molecule has 1 N–H and O–H groups in total. The maximum Gasteiger partial charge on any atom is 0.176 e. The van der Waals surface area contributed by atoms with Crippen molar-refractivity contribution in [2.45, 2.75) is 25.6 Å². The van der Waals surface area contributed by atoms with E-state index in [-0.39, 0.29) is 34.4 Å². The molecule has 0 aromatic heterocycles. The quantitative estimate of drug-likeness (QED) is 0.858. The molecule has 134 valence electrons. The number of phenolic OH excluding ortho intramolecular Hbond substituents is 1. The number of hydrogen-bond donors (Lipinski definition) is 1. The van der Waals surface area contributed by atoms with E-state index < -0.39 is 9.84 Å². The largest absolute Gasteiger partial charge is 0.503 e. The Hall–Kier alpha value is -1.02. The lowest BCUT2D eigenvalue weighted by Crippen LogP contribution is -2.57. The molecule has 0 saturated carbocycles. The number of ether oxygens (including phenoxy) is 1. The zero-order chi connectivity index (χ0) is 17.5. The first-order valence-corrected chi connectivity index (χ1v) is 10.3. The lowest BCUT2D eigenvalue weighted by Gasteiger charge is -2.42. The summed E-state index contributed by atoms with van der Waals surface area (Å²) in [7, 11) is -1.01. The van der Waals surface area contributed by atoms with Crippen molar-refractivity contribution in [2.75, 3.05) is 38.2 Å². The Morgan fingerprint density at radius 2 is 2.00 bits per heavy atom. The molecule has 2 aliphatic heterocycles. The molecule has 6 nitrogen and oxygen atoms in total. The van der Waals surface area contributed by atoms with Crippen molar-refractivity contribution in [2.24, 2.45) is 0 Å². The minimum atomic E-state index is -2.99. The topological polar surface area (TPSA) is 70.1 Å². The average Bonchev–Trinajstić information content (AvgIpc) is 2.84. The Morgan fingerprint density at radius 3 is 2.71 bits per heavy atom. The van der Waals surface area contributed by atoms with Gasteiger partial charge in [-0.2, -0.15) is 0 Å². The molecule has 0 aliphatic carbocycles. The molecule has 2 heterocycles. The van der Waals surface area contributed by atoms with Crippen LogP contribution in [0, 0.1) is 0 Å². The first-order chi connectivity index (χ1) is 11.3. The van der Waals surface area contributed by atoms with Gasteiger partial charge in [0.05, 0.1) is 23.1 Å². The second-order valence-corrected chi connectivity index (χ2v) is 9.08. The van der Waals surface area contributed by atoms with Crippen molar-refractivity contribution in [1.82, 2.24) is 9.80 Å². The van der Waals surface area contributed by atoms with E-state index in [1.54, 1.807) is 12.1 Å². The van der Waals surface area contributed by atoms with Gasteiger partial charge >= 0.3 is 0 Å². The van der Waals surface area contributed by atoms with Crippen molar-refractivity contribution in [3.05, 3.63) is 22.7 Å². The number of aromatic hydroxyl groups is 1. The summed E-state index contributed by atoms with van der Waals surface area (Å²) in [6, 6.07) is 3.54. The molecule has 1 aromatic rings. The van der Waals surface area contributed by atoms with Gasteiger partial charge in [0.25, 0.3) is 0 Å². The van der Waals surface area contributed by atoms with Crippen LogP contribution in [0.2, 0.25) is 5.02 Å². The van der Waals surface area contributed by atoms with Crippen molar-refractivity contribution in [3.63, 3.8) is 0 Å². The van der Waals surface area contributed by atoms with Gasteiger partial charge in [-0.15, -0.1) is 0 Å². The van der Waals surface area contributed by atoms with Gasteiger partial charge in [0, 0.05) is 31.7 Å². The van der Waals surface area contributed by atoms with Crippen molar-refractivity contribution < 1.29 is 18.3 Å². The molecule has 0 unspecified atom stereocenters. The van der Waals surface area contributed by atoms with Crippen LogP contribution in [0.4, 0.5) is 0 Å². The fourth-order valence-electron chi connectivity index (χ4n) is 3.61. The molecule has 2 aliphatic rings. The summed E-state index contributed by atoms with van der Waals surface area (Å²) in [6.07, 6.45) is 0.